The Hall–Kier alpha value is -2.83. The van der Waals surface area contributed by atoms with Crippen LogP contribution in [0.2, 0.25) is 0 Å². The number of hydrogen-bond acceptors (Lipinski definition) is 5. The second kappa shape index (κ2) is 6.95. The van der Waals surface area contributed by atoms with Crippen LogP contribution in [-0.4, -0.2) is 33.4 Å². The van der Waals surface area contributed by atoms with Crippen molar-refractivity contribution in [1.29, 1.82) is 0 Å². The number of amides is 1. The first-order valence-corrected chi connectivity index (χ1v) is 7.18. The smallest absolute Gasteiger partial charge is 0.342 e. The minimum Gasteiger partial charge on any atom is -0.507 e. The molecule has 0 aliphatic heterocycles. The van der Waals surface area contributed by atoms with Gasteiger partial charge in [0.2, 0.25) is 0 Å². The number of anilines is 1. The van der Waals surface area contributed by atoms with Gasteiger partial charge in [-0.15, -0.1) is 0 Å². The first-order valence-electron chi connectivity index (χ1n) is 7.18. The lowest BCUT2D eigenvalue weighted by Gasteiger charge is -2.12. The summed E-state index contributed by atoms with van der Waals surface area (Å²) in [5, 5.41) is 16.4. The van der Waals surface area contributed by atoms with E-state index in [-0.39, 0.29) is 17.4 Å². The van der Waals surface area contributed by atoms with Crippen molar-refractivity contribution < 1.29 is 19.4 Å². The van der Waals surface area contributed by atoms with Gasteiger partial charge in [-0.25, -0.2) is 9.48 Å². The SMILES string of the molecule is Cc1ccc(O)c(C(=O)OCC(=O)Nc2ccnn2C(C)C)c1. The number of phenols is 1. The van der Waals surface area contributed by atoms with E-state index < -0.39 is 18.5 Å². The van der Waals surface area contributed by atoms with Crippen LogP contribution < -0.4 is 5.32 Å². The number of carbonyl (C=O) groups is 2. The van der Waals surface area contributed by atoms with Gasteiger partial charge in [-0.2, -0.15) is 5.10 Å². The van der Waals surface area contributed by atoms with Crippen LogP contribution in [0.4, 0.5) is 5.82 Å². The quantitative estimate of drug-likeness (QED) is 0.825. The van der Waals surface area contributed by atoms with Crippen molar-refractivity contribution in [2.45, 2.75) is 26.8 Å². The molecule has 2 N–H and O–H groups in total. The molecule has 0 aliphatic carbocycles. The van der Waals surface area contributed by atoms with Gasteiger partial charge in [0.15, 0.2) is 6.61 Å². The Kier molecular flexibility index (Phi) is 5.00. The number of nitrogens with one attached hydrogen (secondary N) is 1. The van der Waals surface area contributed by atoms with Crippen molar-refractivity contribution in [3.63, 3.8) is 0 Å². The van der Waals surface area contributed by atoms with E-state index in [2.05, 4.69) is 10.4 Å². The van der Waals surface area contributed by atoms with Gasteiger partial charge in [-0.05, 0) is 32.9 Å². The van der Waals surface area contributed by atoms with E-state index >= 15 is 0 Å². The van der Waals surface area contributed by atoms with E-state index in [1.807, 2.05) is 13.8 Å². The average Bonchev–Trinajstić information content (AvgIpc) is 2.95. The van der Waals surface area contributed by atoms with Crippen LogP contribution in [0.5, 0.6) is 5.75 Å². The molecule has 2 aromatic rings. The summed E-state index contributed by atoms with van der Waals surface area (Å²) < 4.78 is 6.58. The van der Waals surface area contributed by atoms with E-state index in [1.54, 1.807) is 29.9 Å². The summed E-state index contributed by atoms with van der Waals surface area (Å²) in [7, 11) is 0. The summed E-state index contributed by atoms with van der Waals surface area (Å²) >= 11 is 0. The van der Waals surface area contributed by atoms with Crippen LogP contribution in [-0.2, 0) is 9.53 Å². The molecule has 1 aromatic heterocycles. The van der Waals surface area contributed by atoms with Crippen LogP contribution in [0, 0.1) is 6.92 Å². The van der Waals surface area contributed by atoms with Crippen molar-refractivity contribution >= 4 is 17.7 Å². The third-order valence-corrected chi connectivity index (χ3v) is 3.13. The highest BCUT2D eigenvalue weighted by atomic mass is 16.5. The van der Waals surface area contributed by atoms with Gasteiger partial charge in [0.1, 0.15) is 17.1 Å². The fraction of sp³-hybridized carbons (Fsp3) is 0.312. The van der Waals surface area contributed by atoms with Crippen LogP contribution >= 0.6 is 0 Å². The minimum atomic E-state index is -0.751. The maximum Gasteiger partial charge on any atom is 0.342 e. The molecular formula is C16H19N3O4. The molecule has 0 saturated carbocycles. The van der Waals surface area contributed by atoms with Crippen LogP contribution in [0.1, 0.15) is 35.8 Å². The molecule has 0 radical (unpaired) electrons. The van der Waals surface area contributed by atoms with Crippen molar-refractivity contribution in [2.24, 2.45) is 0 Å². The molecule has 1 aromatic carbocycles. The normalized spacial score (nSPS) is 10.6. The van der Waals surface area contributed by atoms with E-state index in [1.165, 1.54) is 12.1 Å². The first-order chi connectivity index (χ1) is 10.9. The van der Waals surface area contributed by atoms with Gasteiger partial charge in [-0.3, -0.25) is 4.79 Å². The molecule has 7 heteroatoms. The number of benzene rings is 1. The van der Waals surface area contributed by atoms with E-state index in [0.29, 0.717) is 5.82 Å². The number of hydrogen-bond donors (Lipinski definition) is 2. The van der Waals surface area contributed by atoms with E-state index in [0.717, 1.165) is 5.56 Å². The molecule has 1 amide bonds. The Morgan fingerprint density at radius 2 is 2.09 bits per heavy atom. The van der Waals surface area contributed by atoms with Crippen LogP contribution in [0.15, 0.2) is 30.5 Å². The number of aromatic hydroxyl groups is 1. The summed E-state index contributed by atoms with van der Waals surface area (Å²) in [6.07, 6.45) is 1.58. The summed E-state index contributed by atoms with van der Waals surface area (Å²) in [5.41, 5.74) is 0.838. The standard InChI is InChI=1S/C16H19N3O4/c1-10(2)19-14(6-7-17-19)18-15(21)9-23-16(22)12-8-11(3)4-5-13(12)20/h4-8,10,20H,9H2,1-3H3,(H,18,21). The maximum absolute atomic E-state index is 11.9. The average molecular weight is 317 g/mol. The predicted octanol–water partition coefficient (Wildman–Crippen LogP) is 2.27. The minimum absolute atomic E-state index is 0.0324. The Labute approximate surface area is 133 Å². The molecule has 0 aliphatic rings. The number of aromatic nitrogens is 2. The molecule has 23 heavy (non-hydrogen) atoms. The van der Waals surface area contributed by atoms with Gasteiger partial charge < -0.3 is 15.2 Å². The number of nitrogens with zero attached hydrogens (tertiary/aromatic N) is 2. The lowest BCUT2D eigenvalue weighted by atomic mass is 10.1. The molecule has 122 valence electrons. The third-order valence-electron chi connectivity index (χ3n) is 3.13. The molecular weight excluding hydrogens is 298 g/mol. The highest BCUT2D eigenvalue weighted by Gasteiger charge is 2.15. The van der Waals surface area contributed by atoms with Crippen molar-refractivity contribution in [1.82, 2.24) is 9.78 Å². The number of esters is 1. The summed E-state index contributed by atoms with van der Waals surface area (Å²) in [4.78, 5) is 23.8. The molecule has 2 rings (SSSR count). The second-order valence-electron chi connectivity index (χ2n) is 5.40. The Morgan fingerprint density at radius 1 is 1.35 bits per heavy atom. The van der Waals surface area contributed by atoms with Crippen LogP contribution in [0.25, 0.3) is 0 Å². The highest BCUT2D eigenvalue weighted by Crippen LogP contribution is 2.19. The fourth-order valence-electron chi connectivity index (χ4n) is 2.03. The Bertz CT molecular complexity index is 722. The van der Waals surface area contributed by atoms with Crippen molar-refractivity contribution in [2.75, 3.05) is 11.9 Å². The molecule has 0 saturated heterocycles. The predicted molar refractivity (Wildman–Crippen MR) is 84.4 cm³/mol. The van der Waals surface area contributed by atoms with Crippen molar-refractivity contribution in [3.05, 3.63) is 41.6 Å². The van der Waals surface area contributed by atoms with Gasteiger partial charge in [0.25, 0.3) is 5.91 Å². The second-order valence-corrected chi connectivity index (χ2v) is 5.40. The fourth-order valence-corrected chi connectivity index (χ4v) is 2.03. The molecule has 0 bridgehead atoms. The lowest BCUT2D eigenvalue weighted by Crippen LogP contribution is -2.23. The topological polar surface area (TPSA) is 93.4 Å². The van der Waals surface area contributed by atoms with Crippen molar-refractivity contribution in [3.8, 4) is 5.75 Å². The Balaban J connectivity index is 1.95. The molecule has 0 fully saturated rings. The zero-order valence-electron chi connectivity index (χ0n) is 13.2. The number of carbonyl (C=O) groups excluding carboxylic acids is 2. The third kappa shape index (κ3) is 4.09. The summed E-state index contributed by atoms with van der Waals surface area (Å²) in [5.74, 6) is -0.884. The van der Waals surface area contributed by atoms with Gasteiger partial charge >= 0.3 is 5.97 Å². The zero-order chi connectivity index (χ0) is 17.0. The molecule has 0 spiro atoms. The number of rotatable bonds is 5. The molecule has 1 heterocycles. The van der Waals surface area contributed by atoms with E-state index in [9.17, 15) is 14.7 Å². The van der Waals surface area contributed by atoms with Gasteiger partial charge in [0, 0.05) is 12.1 Å². The number of ether oxygens (including phenoxy) is 1. The molecule has 0 unspecified atom stereocenters. The largest absolute Gasteiger partial charge is 0.507 e. The van der Waals surface area contributed by atoms with Gasteiger partial charge in [-0.1, -0.05) is 11.6 Å². The van der Waals surface area contributed by atoms with Crippen LogP contribution in [0.3, 0.4) is 0 Å². The maximum atomic E-state index is 11.9. The molecule has 0 atom stereocenters. The first kappa shape index (κ1) is 16.5. The zero-order valence-corrected chi connectivity index (χ0v) is 13.2. The monoisotopic (exact) mass is 317 g/mol. The summed E-state index contributed by atoms with van der Waals surface area (Å²) in [6, 6.07) is 6.33. The number of phenolic OH excluding ortho intramolecular Hbond substituents is 1. The Morgan fingerprint density at radius 3 is 2.78 bits per heavy atom. The summed E-state index contributed by atoms with van der Waals surface area (Å²) in [6.45, 7) is 5.21. The molecule has 7 nitrogen and oxygen atoms in total. The van der Waals surface area contributed by atoms with Gasteiger partial charge in [0.05, 0.1) is 6.20 Å². The lowest BCUT2D eigenvalue weighted by molar-refractivity contribution is -0.119. The number of aryl methyl sites for hydroxylation is 1. The van der Waals surface area contributed by atoms with E-state index in [4.69, 9.17) is 4.74 Å². The highest BCUT2D eigenvalue weighted by molar-refractivity contribution is 5.96.